The van der Waals surface area contributed by atoms with Crippen molar-refractivity contribution in [2.45, 2.75) is 19.4 Å². The lowest BCUT2D eigenvalue weighted by Crippen LogP contribution is -2.47. The summed E-state index contributed by atoms with van der Waals surface area (Å²) in [6, 6.07) is 9.46. The molecule has 1 aromatic rings. The van der Waals surface area contributed by atoms with Gasteiger partial charge in [-0.3, -0.25) is 4.79 Å². The summed E-state index contributed by atoms with van der Waals surface area (Å²) in [5.41, 5.74) is 0.253. The summed E-state index contributed by atoms with van der Waals surface area (Å²) in [5, 5.41) is 0. The summed E-state index contributed by atoms with van der Waals surface area (Å²) in [6.07, 6.45) is 3.96. The van der Waals surface area contributed by atoms with Gasteiger partial charge in [-0.1, -0.05) is 30.3 Å². The van der Waals surface area contributed by atoms with E-state index in [1.165, 1.54) is 0 Å². The Morgan fingerprint density at radius 1 is 1.18 bits per heavy atom. The van der Waals surface area contributed by atoms with Crippen molar-refractivity contribution in [1.29, 1.82) is 0 Å². The molecule has 3 nitrogen and oxygen atoms in total. The van der Waals surface area contributed by atoms with E-state index in [1.807, 2.05) is 63.6 Å². The Balaban J connectivity index is 2.21. The maximum atomic E-state index is 12.5. The molecule has 0 aliphatic carbocycles. The highest BCUT2D eigenvalue weighted by molar-refractivity contribution is 6.02. The van der Waals surface area contributed by atoms with E-state index in [0.717, 1.165) is 12.2 Å². The van der Waals surface area contributed by atoms with Gasteiger partial charge in [-0.25, -0.2) is 0 Å². The monoisotopic (exact) mass is 230 g/mol. The van der Waals surface area contributed by atoms with Gasteiger partial charge in [0.25, 0.3) is 0 Å². The van der Waals surface area contributed by atoms with E-state index >= 15 is 0 Å². The standard InChI is InChI=1S/C14H18N2O/c1-14(2,16-10-9-15(3)11-16)13(17)12-7-5-4-6-8-12/h4-10H,11H2,1-3H3. The van der Waals surface area contributed by atoms with Crippen molar-refractivity contribution in [2.24, 2.45) is 0 Å². The Hall–Kier alpha value is -1.77. The SMILES string of the molecule is CN1C=CN(C(C)(C)C(=O)c2ccccc2)C1. The van der Waals surface area contributed by atoms with Gasteiger partial charge in [-0.2, -0.15) is 0 Å². The fraction of sp³-hybridized carbons (Fsp3) is 0.357. The normalized spacial score (nSPS) is 15.5. The van der Waals surface area contributed by atoms with Gasteiger partial charge in [-0.15, -0.1) is 0 Å². The number of carbonyl (C=O) groups is 1. The number of hydrogen-bond acceptors (Lipinski definition) is 3. The molecule has 0 saturated heterocycles. The van der Waals surface area contributed by atoms with Gasteiger partial charge in [0.2, 0.25) is 0 Å². The number of benzene rings is 1. The third-order valence-electron chi connectivity index (χ3n) is 3.19. The fourth-order valence-corrected chi connectivity index (χ4v) is 1.97. The molecule has 0 bridgehead atoms. The maximum Gasteiger partial charge on any atom is 0.187 e. The third kappa shape index (κ3) is 2.18. The van der Waals surface area contributed by atoms with Crippen LogP contribution in [0.5, 0.6) is 0 Å². The highest BCUT2D eigenvalue weighted by atomic mass is 16.1. The lowest BCUT2D eigenvalue weighted by molar-refractivity contribution is 0.0720. The van der Waals surface area contributed by atoms with Crippen LogP contribution < -0.4 is 0 Å². The number of Topliss-reactive ketones (excluding diaryl/α,β-unsaturated/α-hetero) is 1. The average Bonchev–Trinajstić information content (AvgIpc) is 2.77. The lowest BCUT2D eigenvalue weighted by atomic mass is 9.92. The summed E-state index contributed by atoms with van der Waals surface area (Å²) in [4.78, 5) is 16.6. The van der Waals surface area contributed by atoms with Gasteiger partial charge in [-0.05, 0) is 13.8 Å². The Labute approximate surface area is 102 Å². The minimum absolute atomic E-state index is 0.151. The number of carbonyl (C=O) groups excluding carboxylic acids is 1. The van der Waals surface area contributed by atoms with Crippen LogP contribution in [0, 0.1) is 0 Å². The highest BCUT2D eigenvalue weighted by Gasteiger charge is 2.35. The van der Waals surface area contributed by atoms with Crippen molar-refractivity contribution in [3.63, 3.8) is 0 Å². The zero-order valence-electron chi connectivity index (χ0n) is 10.6. The van der Waals surface area contributed by atoms with Crippen molar-refractivity contribution in [3.05, 3.63) is 48.3 Å². The molecule has 0 unspecified atom stereocenters. The molecule has 0 spiro atoms. The van der Waals surface area contributed by atoms with Crippen molar-refractivity contribution >= 4 is 5.78 Å². The van der Waals surface area contributed by atoms with Gasteiger partial charge >= 0.3 is 0 Å². The first-order chi connectivity index (χ1) is 8.01. The predicted molar refractivity (Wildman–Crippen MR) is 68.5 cm³/mol. The number of ketones is 1. The topological polar surface area (TPSA) is 23.6 Å². The second kappa shape index (κ2) is 4.24. The average molecular weight is 230 g/mol. The summed E-state index contributed by atoms with van der Waals surface area (Å²) in [5.74, 6) is 0.151. The number of hydrogen-bond donors (Lipinski definition) is 0. The van der Waals surface area contributed by atoms with Crippen molar-refractivity contribution in [2.75, 3.05) is 13.7 Å². The predicted octanol–water partition coefficient (Wildman–Crippen LogP) is 2.32. The fourth-order valence-electron chi connectivity index (χ4n) is 1.97. The largest absolute Gasteiger partial charge is 0.362 e. The molecule has 0 atom stereocenters. The highest BCUT2D eigenvalue weighted by Crippen LogP contribution is 2.23. The van der Waals surface area contributed by atoms with E-state index in [1.54, 1.807) is 0 Å². The number of nitrogens with zero attached hydrogens (tertiary/aromatic N) is 2. The molecule has 1 aromatic carbocycles. The van der Waals surface area contributed by atoms with Gasteiger partial charge in [0.15, 0.2) is 5.78 Å². The Morgan fingerprint density at radius 3 is 2.35 bits per heavy atom. The van der Waals surface area contributed by atoms with Gasteiger partial charge in [0, 0.05) is 25.0 Å². The molecule has 0 fully saturated rings. The van der Waals surface area contributed by atoms with Crippen LogP contribution in [0.1, 0.15) is 24.2 Å². The quantitative estimate of drug-likeness (QED) is 0.745. The molecule has 3 heteroatoms. The molecule has 0 amide bonds. The van der Waals surface area contributed by atoms with Gasteiger partial charge in [0.05, 0.1) is 12.2 Å². The first kappa shape index (κ1) is 11.7. The molecule has 2 rings (SSSR count). The van der Waals surface area contributed by atoms with E-state index in [4.69, 9.17) is 0 Å². The summed E-state index contributed by atoms with van der Waals surface area (Å²) in [6.45, 7) is 4.68. The lowest BCUT2D eigenvalue weighted by Gasteiger charge is -2.34. The Kier molecular flexibility index (Phi) is 2.92. The van der Waals surface area contributed by atoms with E-state index in [2.05, 4.69) is 9.80 Å². The van der Waals surface area contributed by atoms with Crippen LogP contribution in [0.4, 0.5) is 0 Å². The second-order valence-corrected chi connectivity index (χ2v) is 4.92. The van der Waals surface area contributed by atoms with Crippen LogP contribution in [0.15, 0.2) is 42.7 Å². The van der Waals surface area contributed by atoms with Crippen LogP contribution in [-0.2, 0) is 0 Å². The van der Waals surface area contributed by atoms with Crippen molar-refractivity contribution < 1.29 is 4.79 Å². The van der Waals surface area contributed by atoms with E-state index in [0.29, 0.717) is 0 Å². The van der Waals surface area contributed by atoms with E-state index in [9.17, 15) is 4.79 Å². The van der Waals surface area contributed by atoms with Crippen LogP contribution in [0.25, 0.3) is 0 Å². The molecule has 90 valence electrons. The van der Waals surface area contributed by atoms with Gasteiger partial charge in [0.1, 0.15) is 0 Å². The van der Waals surface area contributed by atoms with E-state index in [-0.39, 0.29) is 5.78 Å². The molecule has 1 aliphatic rings. The van der Waals surface area contributed by atoms with Crippen LogP contribution in [0.3, 0.4) is 0 Å². The molecule has 0 N–H and O–H groups in total. The molecular weight excluding hydrogens is 212 g/mol. The molecule has 0 radical (unpaired) electrons. The summed E-state index contributed by atoms with van der Waals surface area (Å²) < 4.78 is 0. The van der Waals surface area contributed by atoms with Crippen LogP contribution >= 0.6 is 0 Å². The maximum absolute atomic E-state index is 12.5. The molecule has 0 aromatic heterocycles. The summed E-state index contributed by atoms with van der Waals surface area (Å²) in [7, 11) is 2.00. The molecule has 1 heterocycles. The minimum Gasteiger partial charge on any atom is -0.362 e. The zero-order chi connectivity index (χ0) is 12.5. The first-order valence-electron chi connectivity index (χ1n) is 5.77. The summed E-state index contributed by atoms with van der Waals surface area (Å²) >= 11 is 0. The second-order valence-electron chi connectivity index (χ2n) is 4.92. The van der Waals surface area contributed by atoms with Crippen LogP contribution in [-0.4, -0.2) is 34.8 Å². The van der Waals surface area contributed by atoms with Crippen LogP contribution in [0.2, 0.25) is 0 Å². The molecule has 17 heavy (non-hydrogen) atoms. The van der Waals surface area contributed by atoms with Crippen molar-refractivity contribution in [1.82, 2.24) is 9.80 Å². The minimum atomic E-state index is -0.511. The first-order valence-corrected chi connectivity index (χ1v) is 5.77. The van der Waals surface area contributed by atoms with E-state index < -0.39 is 5.54 Å². The van der Waals surface area contributed by atoms with Crippen molar-refractivity contribution in [3.8, 4) is 0 Å². The smallest absolute Gasteiger partial charge is 0.187 e. The van der Waals surface area contributed by atoms with Gasteiger partial charge < -0.3 is 9.80 Å². The Morgan fingerprint density at radius 2 is 1.82 bits per heavy atom. The molecule has 1 aliphatic heterocycles. The number of rotatable bonds is 3. The zero-order valence-corrected chi connectivity index (χ0v) is 10.6. The Bertz CT molecular complexity index is 437. The molecule has 0 saturated carbocycles. The third-order valence-corrected chi connectivity index (χ3v) is 3.19. The molecular formula is C14H18N2O.